The van der Waals surface area contributed by atoms with Crippen LogP contribution in [-0.4, -0.2) is 34.6 Å². The van der Waals surface area contributed by atoms with Crippen LogP contribution in [0.2, 0.25) is 0 Å². The van der Waals surface area contributed by atoms with Gasteiger partial charge in [-0.25, -0.2) is 0 Å². The molecule has 1 N–H and O–H groups in total. The van der Waals surface area contributed by atoms with Crippen LogP contribution in [0.5, 0.6) is 0 Å². The van der Waals surface area contributed by atoms with E-state index in [4.69, 9.17) is 5.11 Å². The maximum atomic E-state index is 11.0. The summed E-state index contributed by atoms with van der Waals surface area (Å²) in [5, 5.41) is 9.08. The molecule has 1 unspecified atom stereocenters. The van der Waals surface area contributed by atoms with E-state index in [1.807, 2.05) is 13.1 Å². The van der Waals surface area contributed by atoms with E-state index in [0.717, 1.165) is 25.7 Å². The van der Waals surface area contributed by atoms with Crippen LogP contribution in [0, 0.1) is 0 Å². The van der Waals surface area contributed by atoms with E-state index >= 15 is 0 Å². The standard InChI is InChI=1S/C13H23NO2/c1-4-11(2)14(3)13(10-12(15)16)8-6-5-7-9-13/h4,11H,1,5-10H2,2-3H3,(H,15,16). The zero-order valence-corrected chi connectivity index (χ0v) is 10.4. The third-order valence-electron chi connectivity index (χ3n) is 3.96. The van der Waals surface area contributed by atoms with Gasteiger partial charge in [0.05, 0.1) is 6.42 Å². The van der Waals surface area contributed by atoms with Gasteiger partial charge in [0.25, 0.3) is 0 Å². The van der Waals surface area contributed by atoms with Gasteiger partial charge in [-0.15, -0.1) is 6.58 Å². The Bertz CT molecular complexity index is 257. The van der Waals surface area contributed by atoms with Gasteiger partial charge in [0.1, 0.15) is 0 Å². The second-order valence-corrected chi connectivity index (χ2v) is 4.94. The zero-order valence-electron chi connectivity index (χ0n) is 10.4. The fourth-order valence-corrected chi connectivity index (χ4v) is 2.74. The molecule has 1 atom stereocenters. The topological polar surface area (TPSA) is 40.5 Å². The molecule has 0 bridgehead atoms. The second kappa shape index (κ2) is 5.48. The maximum Gasteiger partial charge on any atom is 0.305 e. The quantitative estimate of drug-likeness (QED) is 0.731. The number of rotatable bonds is 5. The maximum absolute atomic E-state index is 11.0. The average molecular weight is 225 g/mol. The largest absolute Gasteiger partial charge is 0.481 e. The smallest absolute Gasteiger partial charge is 0.305 e. The first-order valence-electron chi connectivity index (χ1n) is 6.09. The van der Waals surface area contributed by atoms with E-state index in [2.05, 4.69) is 18.4 Å². The molecule has 1 rings (SSSR count). The molecule has 92 valence electrons. The van der Waals surface area contributed by atoms with Crippen molar-refractivity contribution in [2.45, 2.75) is 57.0 Å². The fourth-order valence-electron chi connectivity index (χ4n) is 2.74. The molecular formula is C13H23NO2. The molecule has 1 fully saturated rings. The first-order valence-corrected chi connectivity index (χ1v) is 6.09. The molecule has 0 saturated heterocycles. The van der Waals surface area contributed by atoms with Crippen molar-refractivity contribution in [2.24, 2.45) is 0 Å². The van der Waals surface area contributed by atoms with Crippen LogP contribution >= 0.6 is 0 Å². The van der Waals surface area contributed by atoms with Gasteiger partial charge < -0.3 is 5.11 Å². The van der Waals surface area contributed by atoms with Crippen LogP contribution in [0.3, 0.4) is 0 Å². The number of carboxylic acids is 1. The monoisotopic (exact) mass is 225 g/mol. The Morgan fingerprint density at radius 3 is 2.50 bits per heavy atom. The minimum absolute atomic E-state index is 0.155. The molecule has 16 heavy (non-hydrogen) atoms. The number of nitrogens with zero attached hydrogens (tertiary/aromatic N) is 1. The van der Waals surface area contributed by atoms with Gasteiger partial charge in [-0.1, -0.05) is 25.3 Å². The van der Waals surface area contributed by atoms with Crippen molar-refractivity contribution in [2.75, 3.05) is 7.05 Å². The predicted octanol–water partition coefficient (Wildman–Crippen LogP) is 2.67. The SMILES string of the molecule is C=CC(C)N(C)C1(CC(=O)O)CCCCC1. The summed E-state index contributed by atoms with van der Waals surface area (Å²) in [7, 11) is 2.03. The van der Waals surface area contributed by atoms with Crippen LogP contribution in [0.4, 0.5) is 0 Å². The zero-order chi connectivity index (χ0) is 12.2. The van der Waals surface area contributed by atoms with Crippen molar-refractivity contribution in [1.29, 1.82) is 0 Å². The molecule has 0 aromatic heterocycles. The molecule has 1 aliphatic carbocycles. The number of carboxylic acid groups (broad SMARTS) is 1. The molecule has 1 saturated carbocycles. The average Bonchev–Trinajstić information content (AvgIpc) is 2.27. The lowest BCUT2D eigenvalue weighted by Crippen LogP contribution is -2.52. The molecule has 1 aliphatic rings. The Labute approximate surface area is 98.1 Å². The lowest BCUT2D eigenvalue weighted by molar-refractivity contribution is -0.141. The number of hydrogen-bond acceptors (Lipinski definition) is 2. The highest BCUT2D eigenvalue weighted by Crippen LogP contribution is 2.36. The Balaban J connectivity index is 2.83. The van der Waals surface area contributed by atoms with E-state index < -0.39 is 5.97 Å². The predicted molar refractivity (Wildman–Crippen MR) is 65.5 cm³/mol. The van der Waals surface area contributed by atoms with Crippen LogP contribution < -0.4 is 0 Å². The summed E-state index contributed by atoms with van der Waals surface area (Å²) in [6, 6.07) is 0.234. The minimum atomic E-state index is -0.690. The van der Waals surface area contributed by atoms with Crippen LogP contribution in [0.25, 0.3) is 0 Å². The minimum Gasteiger partial charge on any atom is -0.481 e. The van der Waals surface area contributed by atoms with Gasteiger partial charge in [0.2, 0.25) is 0 Å². The van der Waals surface area contributed by atoms with Crippen molar-refractivity contribution >= 4 is 5.97 Å². The third-order valence-corrected chi connectivity index (χ3v) is 3.96. The fraction of sp³-hybridized carbons (Fsp3) is 0.769. The number of carbonyl (C=O) groups is 1. The Morgan fingerprint density at radius 2 is 2.06 bits per heavy atom. The molecule has 0 aliphatic heterocycles. The highest BCUT2D eigenvalue weighted by molar-refractivity contribution is 5.68. The molecule has 3 heteroatoms. The van der Waals surface area contributed by atoms with E-state index in [1.54, 1.807) is 0 Å². The van der Waals surface area contributed by atoms with Crippen LogP contribution in [-0.2, 0) is 4.79 Å². The van der Waals surface area contributed by atoms with Gasteiger partial charge in [-0.2, -0.15) is 0 Å². The lowest BCUT2D eigenvalue weighted by Gasteiger charge is -2.46. The summed E-state index contributed by atoms with van der Waals surface area (Å²) in [6.07, 6.45) is 7.64. The van der Waals surface area contributed by atoms with Crippen LogP contribution in [0.15, 0.2) is 12.7 Å². The van der Waals surface area contributed by atoms with Crippen molar-refractivity contribution < 1.29 is 9.90 Å². The lowest BCUT2D eigenvalue weighted by atomic mass is 9.77. The number of likely N-dealkylation sites (N-methyl/N-ethyl adjacent to an activating group) is 1. The Kier molecular flexibility index (Phi) is 4.54. The van der Waals surface area contributed by atoms with E-state index in [1.165, 1.54) is 6.42 Å². The number of hydrogen-bond donors (Lipinski definition) is 1. The molecule has 3 nitrogen and oxygen atoms in total. The summed E-state index contributed by atoms with van der Waals surface area (Å²) in [4.78, 5) is 13.2. The summed E-state index contributed by atoms with van der Waals surface area (Å²) >= 11 is 0. The van der Waals surface area contributed by atoms with Gasteiger partial charge >= 0.3 is 5.97 Å². The van der Waals surface area contributed by atoms with E-state index in [9.17, 15) is 4.79 Å². The molecule has 0 spiro atoms. The van der Waals surface area contributed by atoms with Gasteiger partial charge in [0, 0.05) is 11.6 Å². The van der Waals surface area contributed by atoms with Gasteiger partial charge in [-0.05, 0) is 26.8 Å². The molecule has 0 aromatic carbocycles. The van der Waals surface area contributed by atoms with Crippen molar-refractivity contribution in [3.05, 3.63) is 12.7 Å². The van der Waals surface area contributed by atoms with Crippen molar-refractivity contribution in [3.63, 3.8) is 0 Å². The molecule has 0 radical (unpaired) electrons. The van der Waals surface area contributed by atoms with E-state index in [0.29, 0.717) is 0 Å². The molecular weight excluding hydrogens is 202 g/mol. The Hall–Kier alpha value is -0.830. The normalized spacial score (nSPS) is 21.7. The molecule has 0 amide bonds. The van der Waals surface area contributed by atoms with Crippen molar-refractivity contribution in [1.82, 2.24) is 4.90 Å². The first kappa shape index (κ1) is 13.2. The van der Waals surface area contributed by atoms with Crippen molar-refractivity contribution in [3.8, 4) is 0 Å². The Morgan fingerprint density at radius 1 is 1.50 bits per heavy atom. The molecule has 0 aromatic rings. The summed E-state index contributed by atoms with van der Waals surface area (Å²) in [5.41, 5.74) is -0.155. The summed E-state index contributed by atoms with van der Waals surface area (Å²) in [6.45, 7) is 5.87. The third kappa shape index (κ3) is 2.85. The highest BCUT2D eigenvalue weighted by Gasteiger charge is 2.39. The summed E-state index contributed by atoms with van der Waals surface area (Å²) < 4.78 is 0. The van der Waals surface area contributed by atoms with Gasteiger partial charge in [0.15, 0.2) is 0 Å². The molecule has 0 heterocycles. The number of aliphatic carboxylic acids is 1. The first-order chi connectivity index (χ1) is 7.52. The second-order valence-electron chi connectivity index (χ2n) is 4.94. The van der Waals surface area contributed by atoms with Crippen LogP contribution in [0.1, 0.15) is 45.4 Å². The van der Waals surface area contributed by atoms with E-state index in [-0.39, 0.29) is 18.0 Å². The van der Waals surface area contributed by atoms with Gasteiger partial charge in [-0.3, -0.25) is 9.69 Å². The highest BCUT2D eigenvalue weighted by atomic mass is 16.4. The summed E-state index contributed by atoms with van der Waals surface area (Å²) in [5.74, 6) is -0.690.